The molecule has 0 spiro atoms. The number of aryl methyl sites for hydroxylation is 1. The lowest BCUT2D eigenvalue weighted by atomic mass is 9.94. The zero-order valence-electron chi connectivity index (χ0n) is 16.1. The normalized spacial score (nSPS) is 17.9. The Balaban J connectivity index is 1.68. The molecule has 1 aliphatic rings. The van der Waals surface area contributed by atoms with E-state index in [4.69, 9.17) is 4.98 Å². The van der Waals surface area contributed by atoms with Crippen molar-refractivity contribution in [2.45, 2.75) is 32.1 Å². The van der Waals surface area contributed by atoms with Gasteiger partial charge in [-0.2, -0.15) is 0 Å². The number of rotatable bonds is 5. The smallest absolute Gasteiger partial charge is 0.236 e. The summed E-state index contributed by atoms with van der Waals surface area (Å²) in [7, 11) is 3.64. The highest BCUT2D eigenvalue weighted by atomic mass is 16.2. The number of nitrogens with zero attached hydrogens (tertiary/aromatic N) is 3. The van der Waals surface area contributed by atoms with Crippen LogP contribution < -0.4 is 0 Å². The lowest BCUT2D eigenvalue weighted by Gasteiger charge is -2.32. The fourth-order valence-electron chi connectivity index (χ4n) is 3.63. The van der Waals surface area contributed by atoms with Gasteiger partial charge in [-0.05, 0) is 44.0 Å². The number of pyridine rings is 1. The van der Waals surface area contributed by atoms with E-state index in [1.807, 2.05) is 14.1 Å². The van der Waals surface area contributed by atoms with Gasteiger partial charge in [0.1, 0.15) is 0 Å². The molecule has 0 aliphatic carbocycles. The molecule has 1 saturated heterocycles. The highest BCUT2D eigenvalue weighted by Crippen LogP contribution is 2.26. The van der Waals surface area contributed by atoms with Crippen LogP contribution >= 0.6 is 0 Å². The van der Waals surface area contributed by atoms with Gasteiger partial charge in [0, 0.05) is 44.4 Å². The molecule has 1 fully saturated rings. The number of carbonyl (C=O) groups is 1. The molecule has 26 heavy (non-hydrogen) atoms. The SMILES string of the molecule is Cc1cccc(Cc2cccc(C3CCCN(CC(=O)N(C)C)C3)n2)c1. The van der Waals surface area contributed by atoms with Crippen molar-refractivity contribution in [3.63, 3.8) is 0 Å². The Bertz CT molecular complexity index is 757. The maximum absolute atomic E-state index is 12.0. The standard InChI is InChI=1S/C22H29N3O/c1-17-7-4-8-18(13-17)14-20-10-5-11-21(23-20)19-9-6-12-25(15-19)16-22(26)24(2)3/h4-5,7-8,10-11,13,19H,6,9,12,14-16H2,1-3H3. The van der Waals surface area contributed by atoms with Crippen LogP contribution in [0, 0.1) is 6.92 Å². The highest BCUT2D eigenvalue weighted by molar-refractivity contribution is 5.77. The third-order valence-corrected chi connectivity index (χ3v) is 5.08. The quantitative estimate of drug-likeness (QED) is 0.830. The number of hydrogen-bond acceptors (Lipinski definition) is 3. The van der Waals surface area contributed by atoms with Crippen LogP contribution in [0.15, 0.2) is 42.5 Å². The molecule has 0 N–H and O–H groups in total. The molecule has 2 aromatic rings. The predicted molar refractivity (Wildman–Crippen MR) is 105 cm³/mol. The van der Waals surface area contributed by atoms with E-state index in [2.05, 4.69) is 54.3 Å². The maximum atomic E-state index is 12.0. The van der Waals surface area contributed by atoms with Crippen molar-refractivity contribution in [3.05, 3.63) is 65.0 Å². The van der Waals surface area contributed by atoms with Crippen molar-refractivity contribution in [2.24, 2.45) is 0 Å². The zero-order valence-corrected chi connectivity index (χ0v) is 16.1. The zero-order chi connectivity index (χ0) is 18.5. The summed E-state index contributed by atoms with van der Waals surface area (Å²) in [5.74, 6) is 0.586. The average molecular weight is 351 g/mol. The molecule has 0 bridgehead atoms. The molecule has 0 radical (unpaired) electrons. The lowest BCUT2D eigenvalue weighted by Crippen LogP contribution is -2.41. The Hall–Kier alpha value is -2.20. The first kappa shape index (κ1) is 18.6. The van der Waals surface area contributed by atoms with Crippen molar-refractivity contribution < 1.29 is 4.79 Å². The third-order valence-electron chi connectivity index (χ3n) is 5.08. The number of carbonyl (C=O) groups excluding carboxylic acids is 1. The third kappa shape index (κ3) is 4.92. The number of likely N-dealkylation sites (tertiary alicyclic amines) is 1. The van der Waals surface area contributed by atoms with Crippen molar-refractivity contribution in [2.75, 3.05) is 33.7 Å². The second-order valence-corrected chi connectivity index (χ2v) is 7.58. The van der Waals surface area contributed by atoms with Crippen LogP contribution in [0.1, 0.15) is 41.3 Å². The minimum atomic E-state index is 0.173. The van der Waals surface area contributed by atoms with Crippen molar-refractivity contribution in [1.82, 2.24) is 14.8 Å². The Morgan fingerprint density at radius 3 is 2.81 bits per heavy atom. The van der Waals surface area contributed by atoms with E-state index in [9.17, 15) is 4.79 Å². The molecule has 1 aromatic carbocycles. The molecule has 1 amide bonds. The first-order valence-corrected chi connectivity index (χ1v) is 9.45. The van der Waals surface area contributed by atoms with Gasteiger partial charge in [0.2, 0.25) is 5.91 Å². The van der Waals surface area contributed by atoms with Crippen LogP contribution in [-0.2, 0) is 11.2 Å². The van der Waals surface area contributed by atoms with Gasteiger partial charge in [-0.3, -0.25) is 14.7 Å². The van der Waals surface area contributed by atoms with E-state index < -0.39 is 0 Å². The maximum Gasteiger partial charge on any atom is 0.236 e. The number of hydrogen-bond donors (Lipinski definition) is 0. The summed E-state index contributed by atoms with van der Waals surface area (Å²) in [6.07, 6.45) is 3.13. The molecule has 4 nitrogen and oxygen atoms in total. The van der Waals surface area contributed by atoms with Gasteiger partial charge in [-0.15, -0.1) is 0 Å². The van der Waals surface area contributed by atoms with Gasteiger partial charge < -0.3 is 4.90 Å². The van der Waals surface area contributed by atoms with Crippen LogP contribution in [-0.4, -0.2) is 54.4 Å². The molecule has 4 heteroatoms. The summed E-state index contributed by atoms with van der Waals surface area (Å²) in [5.41, 5.74) is 4.87. The molecular weight excluding hydrogens is 322 g/mol. The van der Waals surface area contributed by atoms with Gasteiger partial charge >= 0.3 is 0 Å². The largest absolute Gasteiger partial charge is 0.348 e. The van der Waals surface area contributed by atoms with Crippen LogP contribution in [0.5, 0.6) is 0 Å². The molecule has 138 valence electrons. The van der Waals surface area contributed by atoms with Gasteiger partial charge in [-0.1, -0.05) is 35.9 Å². The Morgan fingerprint density at radius 2 is 2.04 bits per heavy atom. The van der Waals surface area contributed by atoms with E-state index >= 15 is 0 Å². The van der Waals surface area contributed by atoms with Gasteiger partial charge in [0.05, 0.1) is 6.54 Å². The van der Waals surface area contributed by atoms with Crippen molar-refractivity contribution >= 4 is 5.91 Å². The van der Waals surface area contributed by atoms with Crippen LogP contribution in [0.2, 0.25) is 0 Å². The van der Waals surface area contributed by atoms with E-state index in [0.29, 0.717) is 12.5 Å². The van der Waals surface area contributed by atoms with Gasteiger partial charge in [0.15, 0.2) is 0 Å². The fraction of sp³-hybridized carbons (Fsp3) is 0.455. The molecule has 2 heterocycles. The summed E-state index contributed by atoms with van der Waals surface area (Å²) >= 11 is 0. The summed E-state index contributed by atoms with van der Waals surface area (Å²) < 4.78 is 0. The highest BCUT2D eigenvalue weighted by Gasteiger charge is 2.24. The average Bonchev–Trinajstić information content (AvgIpc) is 2.62. The van der Waals surface area contributed by atoms with E-state index in [0.717, 1.165) is 43.7 Å². The summed E-state index contributed by atoms with van der Waals surface area (Å²) in [6, 6.07) is 15.0. The van der Waals surface area contributed by atoms with Gasteiger partial charge in [0.25, 0.3) is 0 Å². The second kappa shape index (κ2) is 8.45. The predicted octanol–water partition coefficient (Wildman–Crippen LogP) is 3.25. The molecule has 3 rings (SSSR count). The molecular formula is C22H29N3O. The number of likely N-dealkylation sites (N-methyl/N-ethyl adjacent to an activating group) is 1. The Morgan fingerprint density at radius 1 is 1.23 bits per heavy atom. The number of amides is 1. The monoisotopic (exact) mass is 351 g/mol. The van der Waals surface area contributed by atoms with E-state index in [-0.39, 0.29) is 5.91 Å². The molecule has 0 saturated carbocycles. The fourth-order valence-corrected chi connectivity index (χ4v) is 3.63. The van der Waals surface area contributed by atoms with E-state index in [1.165, 1.54) is 11.1 Å². The number of benzene rings is 1. The molecule has 1 aromatic heterocycles. The second-order valence-electron chi connectivity index (χ2n) is 7.58. The Labute approximate surface area is 156 Å². The molecule has 1 unspecified atom stereocenters. The van der Waals surface area contributed by atoms with Crippen LogP contribution in [0.3, 0.4) is 0 Å². The first-order chi connectivity index (χ1) is 12.5. The molecule has 1 aliphatic heterocycles. The van der Waals surface area contributed by atoms with E-state index in [1.54, 1.807) is 4.90 Å². The summed E-state index contributed by atoms with van der Waals surface area (Å²) in [4.78, 5) is 20.9. The van der Waals surface area contributed by atoms with Crippen LogP contribution in [0.25, 0.3) is 0 Å². The summed E-state index contributed by atoms with van der Waals surface area (Å²) in [5, 5.41) is 0. The van der Waals surface area contributed by atoms with Crippen LogP contribution in [0.4, 0.5) is 0 Å². The first-order valence-electron chi connectivity index (χ1n) is 9.45. The topological polar surface area (TPSA) is 36.4 Å². The lowest BCUT2D eigenvalue weighted by molar-refractivity contribution is -0.130. The van der Waals surface area contributed by atoms with Crippen molar-refractivity contribution in [3.8, 4) is 0 Å². The van der Waals surface area contributed by atoms with Gasteiger partial charge in [-0.25, -0.2) is 0 Å². The summed E-state index contributed by atoms with van der Waals surface area (Å²) in [6.45, 7) is 4.55. The Kier molecular flexibility index (Phi) is 6.04. The number of aromatic nitrogens is 1. The van der Waals surface area contributed by atoms with Crippen molar-refractivity contribution in [1.29, 1.82) is 0 Å². The number of piperidine rings is 1. The molecule has 1 atom stereocenters. The minimum Gasteiger partial charge on any atom is -0.348 e. The minimum absolute atomic E-state index is 0.173.